The van der Waals surface area contributed by atoms with Crippen LogP contribution in [0.4, 0.5) is 0 Å². The summed E-state index contributed by atoms with van der Waals surface area (Å²) < 4.78 is 18.2. The molecule has 0 aromatic heterocycles. The molecule has 0 unspecified atom stereocenters. The van der Waals surface area contributed by atoms with Gasteiger partial charge in [0.05, 0.1) is 0 Å². The molecule has 4 heavy (non-hydrogen) atoms. The Balaban J connectivity index is 3.51. The molecule has 0 bridgehead atoms. The van der Waals surface area contributed by atoms with E-state index in [2.05, 4.69) is 0 Å². The summed E-state index contributed by atoms with van der Waals surface area (Å²) in [6.07, 6.45) is 0. The van der Waals surface area contributed by atoms with Crippen LogP contribution in [0.15, 0.2) is 0 Å². The standard InChI is InChI=1S/CH3.Mn.2O/h1H3;;;. The van der Waals surface area contributed by atoms with Crippen molar-refractivity contribution in [2.75, 3.05) is 0 Å². The van der Waals surface area contributed by atoms with Gasteiger partial charge in [-0.2, -0.15) is 0 Å². The zero-order chi connectivity index (χ0) is 3.58. The predicted octanol–water partition coefficient (Wildman–Crippen LogP) is 0.344. The Bertz CT molecular complexity index is 54.4. The van der Waals surface area contributed by atoms with Crippen LogP contribution >= 0.6 is 0 Å². The first-order chi connectivity index (χ1) is 1.73. The molecule has 0 aliphatic rings. The van der Waals surface area contributed by atoms with Crippen molar-refractivity contribution in [2.45, 2.75) is 5.82 Å². The normalized spacial score (nSPS) is 8.50. The van der Waals surface area contributed by atoms with Crippen LogP contribution in [0.3, 0.4) is 0 Å². The Morgan fingerprint density at radius 3 is 1.50 bits per heavy atom. The SMILES string of the molecule is [CH3][Mn](=[O])=[O]. The van der Waals surface area contributed by atoms with E-state index in [1.165, 1.54) is 0 Å². The van der Waals surface area contributed by atoms with Crippen molar-refractivity contribution < 1.29 is 21.4 Å². The average molecular weight is 102 g/mol. The minimum atomic E-state index is -2.40. The van der Waals surface area contributed by atoms with Crippen molar-refractivity contribution in [3.05, 3.63) is 0 Å². The summed E-state index contributed by atoms with van der Waals surface area (Å²) in [6.45, 7) is 0. The zero-order valence-corrected chi connectivity index (χ0v) is 3.37. The molecule has 0 N–H and O–H groups in total. The van der Waals surface area contributed by atoms with Crippen molar-refractivity contribution >= 4 is 0 Å². The predicted molar refractivity (Wildman–Crippen MR) is 7.24 cm³/mol. The molecule has 0 aliphatic heterocycles. The van der Waals surface area contributed by atoms with Gasteiger partial charge in [0.2, 0.25) is 0 Å². The summed E-state index contributed by atoms with van der Waals surface area (Å²) in [6, 6.07) is 0. The van der Waals surface area contributed by atoms with Crippen LogP contribution in [-0.4, -0.2) is 0 Å². The fourth-order valence-electron chi connectivity index (χ4n) is 0. The van der Waals surface area contributed by atoms with Gasteiger partial charge < -0.3 is 0 Å². The molecule has 0 aliphatic carbocycles. The van der Waals surface area contributed by atoms with E-state index in [9.17, 15) is 0 Å². The van der Waals surface area contributed by atoms with E-state index < -0.39 is 13.8 Å². The van der Waals surface area contributed by atoms with Gasteiger partial charge in [-0.1, -0.05) is 0 Å². The van der Waals surface area contributed by atoms with Gasteiger partial charge in [0.1, 0.15) is 0 Å². The number of hydrogen-bond donors (Lipinski definition) is 0. The Kier molecular flexibility index (Phi) is 1.48. The summed E-state index contributed by atoms with van der Waals surface area (Å²) in [4.78, 5) is 0. The number of hydrogen-bond acceptors (Lipinski definition) is 2. The maximum absolute atomic E-state index is 9.08. The first kappa shape index (κ1) is 4.12. The number of rotatable bonds is 0. The van der Waals surface area contributed by atoms with Crippen molar-refractivity contribution in [3.63, 3.8) is 0 Å². The Hall–Kier alpha value is 0.119. The van der Waals surface area contributed by atoms with Crippen LogP contribution in [0.2, 0.25) is 5.82 Å². The van der Waals surface area contributed by atoms with Crippen LogP contribution < -0.4 is 0 Å². The quantitative estimate of drug-likeness (QED) is 0.413. The second-order valence-corrected chi connectivity index (χ2v) is 1.53. The van der Waals surface area contributed by atoms with Crippen LogP contribution in [0, 0.1) is 0 Å². The Labute approximate surface area is 28.1 Å². The molecule has 0 saturated carbocycles. The molecule has 0 spiro atoms. The van der Waals surface area contributed by atoms with E-state index in [4.69, 9.17) is 7.67 Å². The molecule has 2 nitrogen and oxygen atoms in total. The molecule has 0 saturated heterocycles. The van der Waals surface area contributed by atoms with Gasteiger partial charge in [0.15, 0.2) is 0 Å². The maximum atomic E-state index is 9.08. The van der Waals surface area contributed by atoms with Gasteiger partial charge in [-0.3, -0.25) is 0 Å². The Morgan fingerprint density at radius 2 is 1.50 bits per heavy atom. The van der Waals surface area contributed by atoms with Crippen molar-refractivity contribution in [1.29, 1.82) is 0 Å². The Morgan fingerprint density at radius 1 is 1.50 bits per heavy atom. The monoisotopic (exact) mass is 102 g/mol. The molecule has 0 fully saturated rings. The van der Waals surface area contributed by atoms with Crippen molar-refractivity contribution in [2.24, 2.45) is 0 Å². The summed E-state index contributed by atoms with van der Waals surface area (Å²) in [5, 5.41) is 0. The van der Waals surface area contributed by atoms with E-state index in [0.717, 1.165) is 5.82 Å². The molecular weight excluding hydrogens is 98.9 g/mol. The average Bonchev–Trinajstić information content (AvgIpc) is 0.811. The third-order valence-corrected chi connectivity index (χ3v) is 0. The third kappa shape index (κ3) is 186. The van der Waals surface area contributed by atoms with Crippen LogP contribution in [0.25, 0.3) is 0 Å². The van der Waals surface area contributed by atoms with Gasteiger partial charge in [0.25, 0.3) is 0 Å². The van der Waals surface area contributed by atoms with Crippen LogP contribution in [-0.2, 0) is 21.4 Å². The molecule has 0 radical (unpaired) electrons. The molecule has 26 valence electrons. The molecule has 0 atom stereocenters. The van der Waals surface area contributed by atoms with Gasteiger partial charge in [0, 0.05) is 0 Å². The van der Waals surface area contributed by atoms with Gasteiger partial charge in [-0.25, -0.2) is 0 Å². The molecule has 3 heteroatoms. The van der Waals surface area contributed by atoms with Gasteiger partial charge >= 0.3 is 27.3 Å². The van der Waals surface area contributed by atoms with Crippen molar-refractivity contribution in [3.8, 4) is 0 Å². The first-order valence-corrected chi connectivity index (χ1v) is 2.83. The third-order valence-electron chi connectivity index (χ3n) is 0. The van der Waals surface area contributed by atoms with Crippen LogP contribution in [0.5, 0.6) is 0 Å². The van der Waals surface area contributed by atoms with Gasteiger partial charge in [-0.15, -0.1) is 0 Å². The first-order valence-electron chi connectivity index (χ1n) is 0.687. The summed E-state index contributed by atoms with van der Waals surface area (Å²) in [5.74, 6) is 1.16. The molecular formula is CH3MnO2. The fraction of sp³-hybridized carbons (Fsp3) is 1.00. The van der Waals surface area contributed by atoms with E-state index in [1.807, 2.05) is 0 Å². The summed E-state index contributed by atoms with van der Waals surface area (Å²) in [5.41, 5.74) is 0. The molecule has 0 rings (SSSR count). The minimum absolute atomic E-state index is 1.16. The second kappa shape index (κ2) is 1.44. The molecule has 0 aromatic rings. The second-order valence-electron chi connectivity index (χ2n) is 0.372. The van der Waals surface area contributed by atoms with E-state index >= 15 is 0 Å². The topological polar surface area (TPSA) is 34.1 Å². The van der Waals surface area contributed by atoms with Crippen LogP contribution in [0.1, 0.15) is 0 Å². The fourth-order valence-corrected chi connectivity index (χ4v) is 0. The summed E-state index contributed by atoms with van der Waals surface area (Å²) in [7, 11) is 0. The molecule has 0 amide bonds. The zero-order valence-electron chi connectivity index (χ0n) is 2.19. The van der Waals surface area contributed by atoms with E-state index in [-0.39, 0.29) is 0 Å². The van der Waals surface area contributed by atoms with E-state index in [1.54, 1.807) is 0 Å². The summed E-state index contributed by atoms with van der Waals surface area (Å²) >= 11 is -2.40. The van der Waals surface area contributed by atoms with Gasteiger partial charge in [-0.05, 0) is 0 Å². The molecule has 0 heterocycles. The molecule has 0 aromatic carbocycles. The van der Waals surface area contributed by atoms with Crippen molar-refractivity contribution in [1.82, 2.24) is 0 Å². The van der Waals surface area contributed by atoms with E-state index in [0.29, 0.717) is 0 Å².